The highest BCUT2D eigenvalue weighted by Gasteiger charge is 2.27. The highest BCUT2D eigenvalue weighted by Crippen LogP contribution is 2.24. The Labute approximate surface area is 163 Å². The number of rotatable bonds is 4. The van der Waals surface area contributed by atoms with Crippen LogP contribution in [0.5, 0.6) is 0 Å². The third-order valence-corrected chi connectivity index (χ3v) is 4.91. The number of piperidine rings is 1. The fourth-order valence-corrected chi connectivity index (χ4v) is 3.45. The van der Waals surface area contributed by atoms with Crippen molar-refractivity contribution in [3.8, 4) is 11.1 Å². The molecule has 0 aliphatic carbocycles. The van der Waals surface area contributed by atoms with Crippen molar-refractivity contribution in [1.82, 2.24) is 9.97 Å². The van der Waals surface area contributed by atoms with Crippen molar-refractivity contribution in [2.24, 2.45) is 5.92 Å². The number of anilines is 2. The van der Waals surface area contributed by atoms with Gasteiger partial charge in [0.25, 0.3) is 0 Å². The zero-order valence-electron chi connectivity index (χ0n) is 15.4. The molecule has 0 radical (unpaired) electrons. The maximum Gasteiger partial charge on any atom is 0.229 e. The molecular weight excluding hydrogens is 355 g/mol. The lowest BCUT2D eigenvalue weighted by atomic mass is 9.97. The van der Waals surface area contributed by atoms with Crippen LogP contribution in [0.15, 0.2) is 67.0 Å². The van der Waals surface area contributed by atoms with Crippen molar-refractivity contribution >= 4 is 17.5 Å². The van der Waals surface area contributed by atoms with Crippen molar-refractivity contribution in [3.63, 3.8) is 0 Å². The van der Waals surface area contributed by atoms with Crippen LogP contribution in [0.3, 0.4) is 0 Å². The van der Waals surface area contributed by atoms with Gasteiger partial charge in [-0.2, -0.15) is 0 Å². The molecule has 5 nitrogen and oxygen atoms in total. The molecule has 1 aliphatic heterocycles. The van der Waals surface area contributed by atoms with Crippen LogP contribution in [-0.4, -0.2) is 29.0 Å². The number of amides is 1. The van der Waals surface area contributed by atoms with Crippen LogP contribution in [0, 0.1) is 11.7 Å². The van der Waals surface area contributed by atoms with E-state index >= 15 is 0 Å². The summed E-state index contributed by atoms with van der Waals surface area (Å²) < 4.78 is 13.3. The normalized spacial score (nSPS) is 16.6. The lowest BCUT2D eigenvalue weighted by Crippen LogP contribution is -2.41. The molecule has 3 aromatic rings. The van der Waals surface area contributed by atoms with E-state index in [1.807, 2.05) is 47.6 Å². The van der Waals surface area contributed by atoms with E-state index < -0.39 is 0 Å². The first-order chi connectivity index (χ1) is 13.7. The van der Waals surface area contributed by atoms with E-state index in [1.54, 1.807) is 12.1 Å². The Morgan fingerprint density at radius 2 is 1.82 bits per heavy atom. The second-order valence-corrected chi connectivity index (χ2v) is 6.92. The minimum Gasteiger partial charge on any atom is -0.340 e. The van der Waals surface area contributed by atoms with Crippen LogP contribution in [0.4, 0.5) is 16.0 Å². The monoisotopic (exact) mass is 376 g/mol. The topological polar surface area (TPSA) is 58.1 Å². The molecule has 0 spiro atoms. The Hall–Kier alpha value is -3.28. The van der Waals surface area contributed by atoms with E-state index in [2.05, 4.69) is 15.3 Å². The van der Waals surface area contributed by atoms with E-state index in [1.165, 1.54) is 12.1 Å². The summed E-state index contributed by atoms with van der Waals surface area (Å²) in [6, 6.07) is 15.9. The number of hydrogen-bond donors (Lipinski definition) is 1. The highest BCUT2D eigenvalue weighted by molar-refractivity contribution is 5.93. The van der Waals surface area contributed by atoms with Crippen LogP contribution in [0.2, 0.25) is 0 Å². The fraction of sp³-hybridized carbons (Fsp3) is 0.227. The van der Waals surface area contributed by atoms with Crippen LogP contribution in [-0.2, 0) is 4.79 Å². The van der Waals surface area contributed by atoms with Gasteiger partial charge >= 0.3 is 0 Å². The number of nitrogens with one attached hydrogen (secondary N) is 1. The summed E-state index contributed by atoms with van der Waals surface area (Å²) in [5.74, 6) is -0.0245. The molecule has 142 valence electrons. The van der Waals surface area contributed by atoms with Gasteiger partial charge in [-0.1, -0.05) is 36.4 Å². The number of carbonyl (C=O) groups is 1. The fourth-order valence-electron chi connectivity index (χ4n) is 3.45. The molecule has 1 saturated heterocycles. The van der Waals surface area contributed by atoms with Gasteiger partial charge in [0.1, 0.15) is 5.82 Å². The molecular formula is C22H21FN4O. The second-order valence-electron chi connectivity index (χ2n) is 6.92. The molecule has 4 rings (SSSR count). The van der Waals surface area contributed by atoms with Gasteiger partial charge in [0.05, 0.1) is 5.92 Å². The molecule has 0 bridgehead atoms. The van der Waals surface area contributed by atoms with Crippen molar-refractivity contribution < 1.29 is 9.18 Å². The average Bonchev–Trinajstić information content (AvgIpc) is 2.75. The number of halogens is 1. The Morgan fingerprint density at radius 3 is 2.57 bits per heavy atom. The smallest absolute Gasteiger partial charge is 0.229 e. The van der Waals surface area contributed by atoms with Gasteiger partial charge in [-0.25, -0.2) is 14.4 Å². The summed E-state index contributed by atoms with van der Waals surface area (Å²) >= 11 is 0. The van der Waals surface area contributed by atoms with Gasteiger partial charge in [-0.15, -0.1) is 0 Å². The van der Waals surface area contributed by atoms with Gasteiger partial charge in [-0.3, -0.25) is 4.79 Å². The van der Waals surface area contributed by atoms with E-state index in [9.17, 15) is 9.18 Å². The third-order valence-electron chi connectivity index (χ3n) is 4.91. The minimum absolute atomic E-state index is 0.101. The zero-order chi connectivity index (χ0) is 19.3. The summed E-state index contributed by atoms with van der Waals surface area (Å²) in [4.78, 5) is 23.6. The van der Waals surface area contributed by atoms with Crippen LogP contribution in [0.1, 0.15) is 12.8 Å². The summed E-state index contributed by atoms with van der Waals surface area (Å²) in [7, 11) is 0. The van der Waals surface area contributed by atoms with Crippen LogP contribution in [0.25, 0.3) is 11.1 Å². The van der Waals surface area contributed by atoms with E-state index in [4.69, 9.17) is 0 Å². The van der Waals surface area contributed by atoms with Gasteiger partial charge < -0.3 is 10.2 Å². The maximum atomic E-state index is 13.3. The maximum absolute atomic E-state index is 13.3. The quantitative estimate of drug-likeness (QED) is 0.744. The van der Waals surface area contributed by atoms with Crippen LogP contribution >= 0.6 is 0 Å². The largest absolute Gasteiger partial charge is 0.340 e. The van der Waals surface area contributed by atoms with E-state index in [0.29, 0.717) is 18.2 Å². The third kappa shape index (κ3) is 4.17. The number of aromatic nitrogens is 2. The average molecular weight is 376 g/mol. The molecule has 1 N–H and O–H groups in total. The Bertz CT molecular complexity index is 946. The van der Waals surface area contributed by atoms with Gasteiger partial charge in [-0.05, 0) is 36.6 Å². The summed E-state index contributed by atoms with van der Waals surface area (Å²) in [5.41, 5.74) is 2.51. The predicted molar refractivity (Wildman–Crippen MR) is 107 cm³/mol. The van der Waals surface area contributed by atoms with Gasteiger partial charge in [0.15, 0.2) is 0 Å². The van der Waals surface area contributed by atoms with Crippen molar-refractivity contribution in [1.29, 1.82) is 0 Å². The van der Waals surface area contributed by atoms with E-state index in [0.717, 1.165) is 30.5 Å². The van der Waals surface area contributed by atoms with Crippen molar-refractivity contribution in [2.45, 2.75) is 12.8 Å². The van der Waals surface area contributed by atoms with E-state index in [-0.39, 0.29) is 17.6 Å². The Kier molecular flexibility index (Phi) is 5.28. The number of benzene rings is 2. The molecule has 1 atom stereocenters. The summed E-state index contributed by atoms with van der Waals surface area (Å²) in [5, 5.41) is 2.81. The van der Waals surface area contributed by atoms with Gasteiger partial charge in [0, 0.05) is 36.7 Å². The molecule has 1 amide bonds. The number of hydrogen-bond acceptors (Lipinski definition) is 4. The number of carbonyl (C=O) groups excluding carboxylic acids is 1. The Morgan fingerprint density at radius 1 is 1.04 bits per heavy atom. The molecule has 0 unspecified atom stereocenters. The molecule has 1 fully saturated rings. The summed E-state index contributed by atoms with van der Waals surface area (Å²) in [6.45, 7) is 1.36. The molecule has 28 heavy (non-hydrogen) atoms. The molecule has 2 aromatic carbocycles. The summed E-state index contributed by atoms with van der Waals surface area (Å²) in [6.07, 6.45) is 5.30. The Balaban J connectivity index is 1.42. The predicted octanol–water partition coefficient (Wildman–Crippen LogP) is 4.14. The first-order valence-corrected chi connectivity index (χ1v) is 9.38. The molecule has 6 heteroatoms. The molecule has 1 aromatic heterocycles. The van der Waals surface area contributed by atoms with Crippen molar-refractivity contribution in [2.75, 3.05) is 23.3 Å². The molecule has 1 aliphatic rings. The molecule has 2 heterocycles. The minimum atomic E-state index is -0.366. The second kappa shape index (κ2) is 8.17. The first kappa shape index (κ1) is 18.1. The highest BCUT2D eigenvalue weighted by atomic mass is 19.1. The lowest BCUT2D eigenvalue weighted by molar-refractivity contribution is -0.120. The number of nitrogens with zero attached hydrogens (tertiary/aromatic N) is 3. The molecule has 0 saturated carbocycles. The van der Waals surface area contributed by atoms with Gasteiger partial charge in [0.2, 0.25) is 11.9 Å². The van der Waals surface area contributed by atoms with Crippen LogP contribution < -0.4 is 10.2 Å². The standard InChI is InChI=1S/C22H21FN4O/c23-19-9-4-10-20(12-19)26-21(28)17-8-5-11-27(15-17)22-24-13-18(14-25-22)16-6-2-1-3-7-16/h1-4,6-7,9-10,12-14,17H,5,8,11,15H2,(H,26,28)/t17-/m1/s1. The SMILES string of the molecule is O=C(Nc1cccc(F)c1)[C@@H]1CCCN(c2ncc(-c3ccccc3)cn2)C1. The zero-order valence-corrected chi connectivity index (χ0v) is 15.4. The first-order valence-electron chi connectivity index (χ1n) is 9.38. The lowest BCUT2D eigenvalue weighted by Gasteiger charge is -2.32. The van der Waals surface area contributed by atoms with Crippen molar-refractivity contribution in [3.05, 3.63) is 72.8 Å².